The number of nitro groups is 1. The molecular weight excluding hydrogens is 300 g/mol. The number of ether oxygens (including phenoxy) is 1. The number of dihydropyridines is 1. The lowest BCUT2D eigenvalue weighted by Gasteiger charge is -2.29. The number of nitriles is 1. The Hall–Kier alpha value is -3.08. The Kier molecular flexibility index (Phi) is 4.50. The third kappa shape index (κ3) is 2.94. The lowest BCUT2D eigenvalue weighted by Crippen LogP contribution is -2.34. The van der Waals surface area contributed by atoms with Gasteiger partial charge in [0.2, 0.25) is 6.04 Å². The summed E-state index contributed by atoms with van der Waals surface area (Å²) in [6.07, 6.45) is 5.05. The van der Waals surface area contributed by atoms with E-state index in [-0.39, 0.29) is 23.4 Å². The molecule has 0 fully saturated rings. The molecule has 8 nitrogen and oxygen atoms in total. The standard InChI is InChI=1S/C15H16N4O4/c1-8-12(15(20)23-2)13(11(7-16)14(17)18-8)9-4-3-5-10(6-9)19(21)22/h3-4,6,10,13,18H,5,17H2,1-2H3. The molecule has 1 heterocycles. The summed E-state index contributed by atoms with van der Waals surface area (Å²) in [6, 6.07) is 1.08. The molecule has 2 unspecified atom stereocenters. The van der Waals surface area contributed by atoms with Crippen LogP contribution in [0.15, 0.2) is 46.5 Å². The molecule has 0 radical (unpaired) electrons. The van der Waals surface area contributed by atoms with Crippen LogP contribution in [0, 0.1) is 27.4 Å². The zero-order chi connectivity index (χ0) is 17.1. The number of hydrogen-bond donors (Lipinski definition) is 2. The number of nitrogens with two attached hydrogens (primary N) is 1. The van der Waals surface area contributed by atoms with Gasteiger partial charge in [0.15, 0.2) is 0 Å². The van der Waals surface area contributed by atoms with E-state index in [0.29, 0.717) is 11.3 Å². The fourth-order valence-corrected chi connectivity index (χ4v) is 2.72. The third-order valence-electron chi connectivity index (χ3n) is 3.80. The molecule has 0 aromatic rings. The average molecular weight is 316 g/mol. The van der Waals surface area contributed by atoms with E-state index >= 15 is 0 Å². The van der Waals surface area contributed by atoms with Crippen molar-refractivity contribution in [2.24, 2.45) is 11.7 Å². The Morgan fingerprint density at radius 3 is 2.87 bits per heavy atom. The topological polar surface area (TPSA) is 131 Å². The first kappa shape index (κ1) is 16.3. The van der Waals surface area contributed by atoms with Crippen LogP contribution in [0.25, 0.3) is 0 Å². The molecule has 23 heavy (non-hydrogen) atoms. The summed E-state index contributed by atoms with van der Waals surface area (Å²) in [4.78, 5) is 22.8. The van der Waals surface area contributed by atoms with Gasteiger partial charge in [0.05, 0.1) is 30.2 Å². The summed E-state index contributed by atoms with van der Waals surface area (Å²) >= 11 is 0. The van der Waals surface area contributed by atoms with E-state index in [1.807, 2.05) is 6.07 Å². The maximum Gasteiger partial charge on any atom is 0.336 e. The van der Waals surface area contributed by atoms with Crippen molar-refractivity contribution in [2.75, 3.05) is 7.11 Å². The zero-order valence-corrected chi connectivity index (χ0v) is 12.7. The Morgan fingerprint density at radius 2 is 2.30 bits per heavy atom. The van der Waals surface area contributed by atoms with E-state index in [0.717, 1.165) is 0 Å². The monoisotopic (exact) mass is 316 g/mol. The summed E-state index contributed by atoms with van der Waals surface area (Å²) < 4.78 is 4.79. The Morgan fingerprint density at radius 1 is 1.61 bits per heavy atom. The first-order valence-electron chi connectivity index (χ1n) is 6.88. The fourth-order valence-electron chi connectivity index (χ4n) is 2.72. The Balaban J connectivity index is 2.59. The number of carbonyl (C=O) groups is 1. The van der Waals surface area contributed by atoms with Gasteiger partial charge in [-0.1, -0.05) is 12.2 Å². The molecule has 3 N–H and O–H groups in total. The van der Waals surface area contributed by atoms with Gasteiger partial charge < -0.3 is 15.8 Å². The quantitative estimate of drug-likeness (QED) is 0.448. The summed E-state index contributed by atoms with van der Waals surface area (Å²) in [6.45, 7) is 1.64. The van der Waals surface area contributed by atoms with Crippen LogP contribution in [-0.4, -0.2) is 24.0 Å². The number of hydrogen-bond acceptors (Lipinski definition) is 7. The van der Waals surface area contributed by atoms with Crippen LogP contribution in [0.1, 0.15) is 13.3 Å². The van der Waals surface area contributed by atoms with Crippen molar-refractivity contribution < 1.29 is 14.5 Å². The highest BCUT2D eigenvalue weighted by Crippen LogP contribution is 2.36. The van der Waals surface area contributed by atoms with Crippen LogP contribution in [0.3, 0.4) is 0 Å². The van der Waals surface area contributed by atoms with Crippen LogP contribution >= 0.6 is 0 Å². The van der Waals surface area contributed by atoms with Crippen molar-refractivity contribution in [1.82, 2.24) is 5.32 Å². The van der Waals surface area contributed by atoms with Crippen LogP contribution in [0.5, 0.6) is 0 Å². The molecule has 0 saturated heterocycles. The van der Waals surface area contributed by atoms with Gasteiger partial charge in [-0.2, -0.15) is 5.26 Å². The highest BCUT2D eigenvalue weighted by Gasteiger charge is 2.36. The SMILES string of the molecule is COC(=O)C1=C(C)NC(N)=C(C#N)C1C1=CC([N+](=O)[O-])CC=C1. The molecule has 2 atom stereocenters. The van der Waals surface area contributed by atoms with Crippen molar-refractivity contribution in [3.05, 3.63) is 56.6 Å². The Labute approximate surface area is 132 Å². The van der Waals surface area contributed by atoms with Gasteiger partial charge in [0, 0.05) is 17.0 Å². The molecule has 1 aliphatic heterocycles. The zero-order valence-electron chi connectivity index (χ0n) is 12.7. The molecule has 8 heteroatoms. The van der Waals surface area contributed by atoms with E-state index in [9.17, 15) is 20.2 Å². The Bertz CT molecular complexity index is 724. The van der Waals surface area contributed by atoms with E-state index < -0.39 is 22.9 Å². The number of rotatable bonds is 3. The van der Waals surface area contributed by atoms with Crippen LogP contribution in [0.2, 0.25) is 0 Å². The summed E-state index contributed by atoms with van der Waals surface area (Å²) in [5.41, 5.74) is 7.14. The van der Waals surface area contributed by atoms with Gasteiger partial charge in [0.1, 0.15) is 5.82 Å². The van der Waals surface area contributed by atoms with Crippen molar-refractivity contribution in [3.8, 4) is 6.07 Å². The molecule has 0 bridgehead atoms. The summed E-state index contributed by atoms with van der Waals surface area (Å²) in [5, 5.41) is 23.2. The van der Waals surface area contributed by atoms with Gasteiger partial charge >= 0.3 is 5.97 Å². The predicted octanol–water partition coefficient (Wildman–Crippen LogP) is 0.878. The molecule has 0 aromatic heterocycles. The smallest absolute Gasteiger partial charge is 0.336 e. The molecular formula is C15H16N4O4. The lowest BCUT2D eigenvalue weighted by molar-refractivity contribution is -0.508. The molecule has 0 aromatic carbocycles. The van der Waals surface area contributed by atoms with E-state index in [1.54, 1.807) is 19.1 Å². The maximum atomic E-state index is 12.1. The minimum Gasteiger partial charge on any atom is -0.466 e. The number of nitrogens with one attached hydrogen (secondary N) is 1. The summed E-state index contributed by atoms with van der Waals surface area (Å²) in [5.74, 6) is -1.27. The van der Waals surface area contributed by atoms with Gasteiger partial charge in [-0.3, -0.25) is 10.1 Å². The number of esters is 1. The number of nitrogens with zero attached hydrogens (tertiary/aromatic N) is 2. The minimum atomic E-state index is -0.898. The summed E-state index contributed by atoms with van der Waals surface area (Å²) in [7, 11) is 1.23. The van der Waals surface area contributed by atoms with Crippen LogP contribution in [0.4, 0.5) is 0 Å². The van der Waals surface area contributed by atoms with Crippen molar-refractivity contribution >= 4 is 5.97 Å². The van der Waals surface area contributed by atoms with Gasteiger partial charge in [-0.15, -0.1) is 0 Å². The van der Waals surface area contributed by atoms with Gasteiger partial charge in [-0.25, -0.2) is 4.79 Å². The van der Waals surface area contributed by atoms with E-state index in [1.165, 1.54) is 13.2 Å². The highest BCUT2D eigenvalue weighted by atomic mass is 16.6. The van der Waals surface area contributed by atoms with Crippen LogP contribution in [-0.2, 0) is 9.53 Å². The second-order valence-corrected chi connectivity index (χ2v) is 5.18. The molecule has 0 spiro atoms. The number of allylic oxidation sites excluding steroid dienone is 4. The second-order valence-electron chi connectivity index (χ2n) is 5.18. The van der Waals surface area contributed by atoms with Crippen molar-refractivity contribution in [3.63, 3.8) is 0 Å². The lowest BCUT2D eigenvalue weighted by atomic mass is 9.79. The number of methoxy groups -OCH3 is 1. The van der Waals surface area contributed by atoms with Gasteiger partial charge in [-0.05, 0) is 18.6 Å². The average Bonchev–Trinajstić information content (AvgIpc) is 2.53. The first-order valence-corrected chi connectivity index (χ1v) is 6.88. The normalized spacial score (nSPS) is 23.8. The van der Waals surface area contributed by atoms with Gasteiger partial charge in [0.25, 0.3) is 0 Å². The van der Waals surface area contributed by atoms with E-state index in [2.05, 4.69) is 5.32 Å². The molecule has 0 amide bonds. The highest BCUT2D eigenvalue weighted by molar-refractivity contribution is 5.92. The molecule has 1 aliphatic carbocycles. The molecule has 2 aliphatic rings. The molecule has 120 valence electrons. The third-order valence-corrected chi connectivity index (χ3v) is 3.80. The van der Waals surface area contributed by atoms with E-state index in [4.69, 9.17) is 10.5 Å². The maximum absolute atomic E-state index is 12.1. The second kappa shape index (κ2) is 6.36. The molecule has 2 rings (SSSR count). The number of carbonyl (C=O) groups excluding carboxylic acids is 1. The molecule has 0 saturated carbocycles. The minimum absolute atomic E-state index is 0.125. The van der Waals surface area contributed by atoms with Crippen molar-refractivity contribution in [1.29, 1.82) is 5.26 Å². The largest absolute Gasteiger partial charge is 0.466 e. The fraction of sp³-hybridized carbons (Fsp3) is 0.333. The first-order chi connectivity index (χ1) is 10.9. The van der Waals surface area contributed by atoms with Crippen molar-refractivity contribution in [2.45, 2.75) is 19.4 Å². The predicted molar refractivity (Wildman–Crippen MR) is 80.8 cm³/mol. The van der Waals surface area contributed by atoms with Crippen LogP contribution < -0.4 is 11.1 Å².